The van der Waals surface area contributed by atoms with Gasteiger partial charge in [-0.1, -0.05) is 37.4 Å². The van der Waals surface area contributed by atoms with Crippen LogP contribution in [0.1, 0.15) is 86.2 Å². The van der Waals surface area contributed by atoms with Crippen LogP contribution in [0.3, 0.4) is 0 Å². The summed E-state index contributed by atoms with van der Waals surface area (Å²) in [5, 5.41) is 0.115. The molecule has 2 aromatic rings. The number of hydrogen-bond donors (Lipinski definition) is 1. The lowest BCUT2D eigenvalue weighted by atomic mass is 9.64. The molecule has 0 radical (unpaired) electrons. The molecule has 268 valence electrons. The summed E-state index contributed by atoms with van der Waals surface area (Å²) in [6.45, 7) is 5.25. The molecule has 2 aliphatic carbocycles. The van der Waals surface area contributed by atoms with Gasteiger partial charge in [-0.05, 0) is 119 Å². The number of carbonyl (C=O) groups excluding carboxylic acids is 1. The van der Waals surface area contributed by atoms with Crippen LogP contribution in [-0.4, -0.2) is 83.8 Å². The number of rotatable bonds is 3. The summed E-state index contributed by atoms with van der Waals surface area (Å²) in [7, 11) is 0.259. The zero-order valence-corrected chi connectivity index (χ0v) is 30.7. The van der Waals surface area contributed by atoms with Crippen molar-refractivity contribution in [1.29, 1.82) is 0 Å². The van der Waals surface area contributed by atoms with Gasteiger partial charge in [-0.25, -0.2) is 13.1 Å². The first-order chi connectivity index (χ1) is 23.6. The van der Waals surface area contributed by atoms with Crippen LogP contribution in [0.2, 0.25) is 5.02 Å². The van der Waals surface area contributed by atoms with Crippen molar-refractivity contribution in [3.05, 3.63) is 58.1 Å². The van der Waals surface area contributed by atoms with Gasteiger partial charge in [-0.2, -0.15) is 0 Å². The first-order valence-electron chi connectivity index (χ1n) is 18.3. The van der Waals surface area contributed by atoms with Gasteiger partial charge in [0.05, 0.1) is 36.8 Å². The van der Waals surface area contributed by atoms with E-state index in [9.17, 15) is 13.2 Å². The highest BCUT2D eigenvalue weighted by atomic mass is 35.5. The predicted octanol–water partition coefficient (Wildman–Crippen LogP) is 6.17. The summed E-state index contributed by atoms with van der Waals surface area (Å²) in [4.78, 5) is 18.2. The molecule has 7 rings (SSSR count). The van der Waals surface area contributed by atoms with E-state index in [4.69, 9.17) is 25.8 Å². The molecule has 11 heteroatoms. The summed E-state index contributed by atoms with van der Waals surface area (Å²) in [5.74, 6) is 1.22. The molecule has 1 saturated heterocycles. The summed E-state index contributed by atoms with van der Waals surface area (Å²) in [6, 6.07) is 11.9. The van der Waals surface area contributed by atoms with Crippen LogP contribution in [0.5, 0.6) is 5.75 Å². The van der Waals surface area contributed by atoms with Gasteiger partial charge in [-0.15, -0.1) is 0 Å². The van der Waals surface area contributed by atoms with E-state index in [-0.39, 0.29) is 23.7 Å². The Morgan fingerprint density at radius 2 is 1.80 bits per heavy atom. The fourth-order valence-corrected chi connectivity index (χ4v) is 10.8. The number of benzene rings is 2. The molecule has 0 aromatic heterocycles. The lowest BCUT2D eigenvalue weighted by Crippen LogP contribution is -2.52. The number of hydrogen-bond acceptors (Lipinski definition) is 8. The van der Waals surface area contributed by atoms with Gasteiger partial charge < -0.3 is 24.0 Å². The molecule has 1 saturated carbocycles. The highest BCUT2D eigenvalue weighted by Gasteiger charge is 2.46. The molecule has 2 aromatic carbocycles. The molecule has 5 aliphatic rings. The van der Waals surface area contributed by atoms with Crippen LogP contribution in [0.25, 0.3) is 0 Å². The minimum absolute atomic E-state index is 0.228. The van der Waals surface area contributed by atoms with Gasteiger partial charge in [0, 0.05) is 35.0 Å². The fourth-order valence-electron chi connectivity index (χ4n) is 9.13. The van der Waals surface area contributed by atoms with E-state index in [2.05, 4.69) is 40.7 Å². The van der Waals surface area contributed by atoms with Crippen molar-refractivity contribution in [1.82, 2.24) is 9.62 Å². The van der Waals surface area contributed by atoms with Crippen molar-refractivity contribution in [3.63, 3.8) is 0 Å². The van der Waals surface area contributed by atoms with Gasteiger partial charge in [0.2, 0.25) is 10.0 Å². The zero-order valence-electron chi connectivity index (χ0n) is 29.2. The van der Waals surface area contributed by atoms with E-state index < -0.39 is 21.2 Å². The van der Waals surface area contributed by atoms with Crippen LogP contribution >= 0.6 is 11.6 Å². The van der Waals surface area contributed by atoms with E-state index >= 15 is 0 Å². The number of nitrogens with zero attached hydrogens (tertiary/aromatic N) is 2. The van der Waals surface area contributed by atoms with E-state index in [0.717, 1.165) is 80.9 Å². The summed E-state index contributed by atoms with van der Waals surface area (Å²) in [6.07, 6.45) is 8.53. The molecule has 9 nitrogen and oxygen atoms in total. The first-order valence-corrected chi connectivity index (χ1v) is 20.3. The Bertz CT molecular complexity index is 1630. The van der Waals surface area contributed by atoms with E-state index in [1.54, 1.807) is 6.07 Å². The van der Waals surface area contributed by atoms with Crippen LogP contribution in [0, 0.1) is 17.8 Å². The third-order valence-electron chi connectivity index (χ3n) is 12.2. The van der Waals surface area contributed by atoms with Crippen LogP contribution in [-0.2, 0) is 31.3 Å². The summed E-state index contributed by atoms with van der Waals surface area (Å²) >= 11 is 6.47. The molecule has 1 spiro atoms. The molecule has 5 atom stereocenters. The van der Waals surface area contributed by atoms with Gasteiger partial charge in [0.25, 0.3) is 5.91 Å². The van der Waals surface area contributed by atoms with Gasteiger partial charge in [0.15, 0.2) is 6.29 Å². The third kappa shape index (κ3) is 7.10. The molecule has 49 heavy (non-hydrogen) atoms. The maximum atomic E-state index is 13.6. The average molecular weight is 714 g/mol. The Balaban J connectivity index is 1.26. The quantitative estimate of drug-likeness (QED) is 0.404. The van der Waals surface area contributed by atoms with Crippen molar-refractivity contribution < 1.29 is 27.4 Å². The number of nitrogens with one attached hydrogen (secondary N) is 1. The van der Waals surface area contributed by atoms with Crippen molar-refractivity contribution in [2.75, 3.05) is 51.9 Å². The Morgan fingerprint density at radius 3 is 2.53 bits per heavy atom. The maximum Gasteiger partial charge on any atom is 0.264 e. The summed E-state index contributed by atoms with van der Waals surface area (Å²) in [5.41, 5.74) is 3.51. The van der Waals surface area contributed by atoms with Crippen LogP contribution in [0.4, 0.5) is 5.69 Å². The number of ether oxygens (including phenoxy) is 3. The monoisotopic (exact) mass is 713 g/mol. The minimum atomic E-state index is -3.87. The SMILES string of the molecule is CC[C@@H]1CCCC[C@H](C2OCC(N(C)C)CO2)[C@H]2CC[C@H]2CN2C[C@@]3(CCCc4cc(Cl)ccc43)COc3ccc(cc32)C(=O)NS1(=O)=O. The lowest BCUT2D eigenvalue weighted by molar-refractivity contribution is -0.240. The van der Waals surface area contributed by atoms with Crippen LogP contribution < -0.4 is 14.4 Å². The maximum absolute atomic E-state index is 13.6. The number of carbonyl (C=O) groups is 1. The number of likely N-dealkylation sites (N-methyl/N-ethyl adjacent to an activating group) is 1. The second kappa shape index (κ2) is 14.3. The van der Waals surface area contributed by atoms with Crippen LogP contribution in [0.15, 0.2) is 36.4 Å². The molecule has 2 fully saturated rings. The first kappa shape index (κ1) is 35.1. The molecular weight excluding hydrogens is 662 g/mol. The van der Waals surface area contributed by atoms with Crippen molar-refractivity contribution in [3.8, 4) is 5.75 Å². The standard InChI is InChI=1S/C38H52ClN3O6S/c1-4-30-9-5-6-10-32(37-46-21-29(22-47-37)41(2)3)31-14-11-27(31)20-42-23-38(17-7-8-25-18-28(39)13-15-33(25)38)24-48-35-16-12-26(19-34(35)42)36(43)40-49(30,44)45/h12-13,15-16,18-19,27,29-32,37H,4-11,14,17,20-24H2,1-3H3,(H,40,43)/t27-,29?,30+,31-,32-,37?,38-/m0/s1. The number of fused-ring (bicyclic) bond motifs is 4. The largest absolute Gasteiger partial charge is 0.490 e. The Hall–Kier alpha value is -2.37. The smallest absolute Gasteiger partial charge is 0.264 e. The molecule has 3 heterocycles. The molecule has 0 unspecified atom stereocenters. The molecule has 3 aliphatic heterocycles. The van der Waals surface area contributed by atoms with Crippen molar-refractivity contribution in [2.24, 2.45) is 17.8 Å². The number of sulfonamides is 1. The minimum Gasteiger partial charge on any atom is -0.490 e. The molecule has 2 bridgehead atoms. The van der Waals surface area contributed by atoms with Crippen molar-refractivity contribution in [2.45, 2.75) is 94.1 Å². The Morgan fingerprint density at radius 1 is 1.00 bits per heavy atom. The average Bonchev–Trinajstić information content (AvgIpc) is 3.22. The topological polar surface area (TPSA) is 97.4 Å². The van der Waals surface area contributed by atoms with Gasteiger partial charge in [-0.3, -0.25) is 4.79 Å². The normalized spacial score (nSPS) is 33.4. The molecule has 1 amide bonds. The fraction of sp³-hybridized carbons (Fsp3) is 0.658. The number of halogens is 1. The second-order valence-electron chi connectivity index (χ2n) is 15.4. The number of anilines is 1. The van der Waals surface area contributed by atoms with Gasteiger partial charge in [0.1, 0.15) is 5.75 Å². The van der Waals surface area contributed by atoms with E-state index in [1.807, 2.05) is 25.1 Å². The highest BCUT2D eigenvalue weighted by molar-refractivity contribution is 7.90. The highest BCUT2D eigenvalue weighted by Crippen LogP contribution is 2.49. The second-order valence-corrected chi connectivity index (χ2v) is 17.8. The van der Waals surface area contributed by atoms with E-state index in [0.29, 0.717) is 50.1 Å². The predicted molar refractivity (Wildman–Crippen MR) is 192 cm³/mol. The van der Waals surface area contributed by atoms with E-state index in [1.165, 1.54) is 11.1 Å². The molecule has 1 N–H and O–H groups in total. The Labute approximate surface area is 297 Å². The number of amides is 1. The lowest BCUT2D eigenvalue weighted by Gasteiger charge is -2.49. The van der Waals surface area contributed by atoms with Crippen molar-refractivity contribution >= 4 is 33.2 Å². The van der Waals surface area contributed by atoms with Gasteiger partial charge >= 0.3 is 0 Å². The summed E-state index contributed by atoms with van der Waals surface area (Å²) < 4.78 is 49.0. The zero-order chi connectivity index (χ0) is 34.3. The number of aryl methyl sites for hydroxylation is 1. The third-order valence-corrected chi connectivity index (χ3v) is 14.4. The molecular formula is C38H52ClN3O6S. The Kier molecular flexibility index (Phi) is 10.3.